The molecule has 0 spiro atoms. The van der Waals surface area contributed by atoms with Gasteiger partial charge in [-0.05, 0) is 25.1 Å². The number of ketones is 1. The average molecular weight is 345 g/mol. The van der Waals surface area contributed by atoms with Crippen LogP contribution in [0.3, 0.4) is 0 Å². The zero-order valence-electron chi connectivity index (χ0n) is 14.2. The molecule has 0 radical (unpaired) electrons. The van der Waals surface area contributed by atoms with Crippen molar-refractivity contribution in [1.82, 2.24) is 4.98 Å². The lowest BCUT2D eigenvalue weighted by atomic mass is 10.0. The zero-order chi connectivity index (χ0) is 18.1. The Kier molecular flexibility index (Phi) is 4.09. The summed E-state index contributed by atoms with van der Waals surface area (Å²) < 4.78 is 20.3. The van der Waals surface area contributed by atoms with Crippen molar-refractivity contribution < 1.29 is 13.9 Å². The molecule has 0 aliphatic heterocycles. The van der Waals surface area contributed by atoms with Gasteiger partial charge in [-0.25, -0.2) is 9.37 Å². The molecule has 1 heterocycles. The minimum atomic E-state index is -0.429. The monoisotopic (exact) mass is 345 g/mol. The van der Waals surface area contributed by atoms with Crippen LogP contribution < -0.4 is 4.74 Å². The Bertz CT molecular complexity index is 1140. The maximum atomic E-state index is 14.3. The summed E-state index contributed by atoms with van der Waals surface area (Å²) in [5.41, 5.74) is 1.86. The minimum Gasteiger partial charge on any atom is -0.486 e. The van der Waals surface area contributed by atoms with Crippen LogP contribution in [-0.4, -0.2) is 10.8 Å². The first-order valence-corrected chi connectivity index (χ1v) is 8.33. The third kappa shape index (κ3) is 2.90. The lowest BCUT2D eigenvalue weighted by Gasteiger charge is -2.14. The van der Waals surface area contributed by atoms with E-state index < -0.39 is 5.82 Å². The van der Waals surface area contributed by atoms with Crippen molar-refractivity contribution in [3.8, 4) is 5.75 Å². The molecular weight excluding hydrogens is 329 g/mol. The van der Waals surface area contributed by atoms with Crippen molar-refractivity contribution in [3.05, 3.63) is 83.8 Å². The Hall–Kier alpha value is -3.27. The van der Waals surface area contributed by atoms with Crippen LogP contribution in [0.4, 0.5) is 4.39 Å². The molecule has 1 aromatic heterocycles. The standard InChI is InChI=1S/C22H16FNO2/c1-14(25)19-12-20(23)17-7-3-4-8-18(17)22(19)26-13-16-11-10-15-6-2-5-9-21(15)24-16/h2-12H,13H2,1H3. The summed E-state index contributed by atoms with van der Waals surface area (Å²) in [4.78, 5) is 16.6. The highest BCUT2D eigenvalue weighted by atomic mass is 19.1. The van der Waals surface area contributed by atoms with Crippen LogP contribution in [-0.2, 0) is 6.61 Å². The number of hydrogen-bond donors (Lipinski definition) is 0. The number of carbonyl (C=O) groups excluding carboxylic acids is 1. The lowest BCUT2D eigenvalue weighted by Crippen LogP contribution is -2.05. The van der Waals surface area contributed by atoms with Crippen molar-refractivity contribution in [2.24, 2.45) is 0 Å². The number of aromatic nitrogens is 1. The van der Waals surface area contributed by atoms with E-state index >= 15 is 0 Å². The number of Topliss-reactive ketones (excluding diaryl/α,β-unsaturated/α-hetero) is 1. The number of benzene rings is 3. The Balaban J connectivity index is 1.74. The molecule has 4 aromatic rings. The highest BCUT2D eigenvalue weighted by molar-refractivity contribution is 6.04. The quantitative estimate of drug-likeness (QED) is 0.471. The van der Waals surface area contributed by atoms with E-state index in [0.29, 0.717) is 16.5 Å². The van der Waals surface area contributed by atoms with E-state index in [0.717, 1.165) is 16.6 Å². The Morgan fingerprint density at radius 1 is 1.00 bits per heavy atom. The van der Waals surface area contributed by atoms with Gasteiger partial charge >= 0.3 is 0 Å². The van der Waals surface area contributed by atoms with Gasteiger partial charge in [0.2, 0.25) is 0 Å². The zero-order valence-corrected chi connectivity index (χ0v) is 14.2. The Morgan fingerprint density at radius 2 is 1.73 bits per heavy atom. The molecule has 0 amide bonds. The van der Waals surface area contributed by atoms with Gasteiger partial charge in [0.05, 0.1) is 16.8 Å². The first-order chi connectivity index (χ1) is 12.6. The third-order valence-electron chi connectivity index (χ3n) is 4.34. The summed E-state index contributed by atoms with van der Waals surface area (Å²) in [6.07, 6.45) is 0. The van der Waals surface area contributed by atoms with Gasteiger partial charge in [0.25, 0.3) is 0 Å². The molecule has 0 atom stereocenters. The largest absolute Gasteiger partial charge is 0.486 e. The molecule has 4 rings (SSSR count). The second-order valence-corrected chi connectivity index (χ2v) is 6.12. The number of hydrogen-bond acceptors (Lipinski definition) is 3. The number of para-hydroxylation sites is 1. The molecule has 0 aliphatic rings. The van der Waals surface area contributed by atoms with E-state index in [4.69, 9.17) is 4.74 Å². The van der Waals surface area contributed by atoms with Gasteiger partial charge in [0.15, 0.2) is 5.78 Å². The maximum Gasteiger partial charge on any atom is 0.163 e. The number of carbonyl (C=O) groups is 1. The Morgan fingerprint density at radius 3 is 2.54 bits per heavy atom. The van der Waals surface area contributed by atoms with E-state index in [9.17, 15) is 9.18 Å². The normalized spacial score (nSPS) is 11.0. The number of ether oxygens (including phenoxy) is 1. The van der Waals surface area contributed by atoms with Crippen LogP contribution >= 0.6 is 0 Å². The smallest absolute Gasteiger partial charge is 0.163 e. The Labute approximate surface area is 150 Å². The van der Waals surface area contributed by atoms with Crippen molar-refractivity contribution >= 4 is 27.5 Å². The highest BCUT2D eigenvalue weighted by Gasteiger charge is 2.16. The van der Waals surface area contributed by atoms with Gasteiger partial charge in [0.1, 0.15) is 18.2 Å². The molecule has 0 aliphatic carbocycles. The molecule has 0 saturated carbocycles. The first kappa shape index (κ1) is 16.2. The van der Waals surface area contributed by atoms with E-state index in [2.05, 4.69) is 4.98 Å². The lowest BCUT2D eigenvalue weighted by molar-refractivity contribution is 0.101. The summed E-state index contributed by atoms with van der Waals surface area (Å²) in [5, 5.41) is 2.06. The van der Waals surface area contributed by atoms with Crippen molar-refractivity contribution in [2.75, 3.05) is 0 Å². The molecule has 0 bridgehead atoms. The van der Waals surface area contributed by atoms with E-state index in [1.807, 2.05) is 36.4 Å². The summed E-state index contributed by atoms with van der Waals surface area (Å²) in [5.74, 6) is -0.275. The van der Waals surface area contributed by atoms with Crippen molar-refractivity contribution in [3.63, 3.8) is 0 Å². The highest BCUT2D eigenvalue weighted by Crippen LogP contribution is 2.33. The molecule has 0 N–H and O–H groups in total. The molecule has 0 saturated heterocycles. The number of rotatable bonds is 4. The molecule has 0 fully saturated rings. The predicted octanol–water partition coefficient (Wildman–Crippen LogP) is 5.31. The topological polar surface area (TPSA) is 39.2 Å². The summed E-state index contributed by atoms with van der Waals surface area (Å²) in [6.45, 7) is 1.60. The molecular formula is C22H16FNO2. The number of halogens is 1. The molecule has 3 aromatic carbocycles. The van der Waals surface area contributed by atoms with Gasteiger partial charge < -0.3 is 4.74 Å². The van der Waals surface area contributed by atoms with Gasteiger partial charge in [-0.15, -0.1) is 0 Å². The first-order valence-electron chi connectivity index (χ1n) is 8.33. The van der Waals surface area contributed by atoms with Crippen molar-refractivity contribution in [1.29, 1.82) is 0 Å². The van der Waals surface area contributed by atoms with Gasteiger partial charge in [-0.3, -0.25) is 4.79 Å². The summed E-state index contributed by atoms with van der Waals surface area (Å²) in [6, 6.07) is 19.9. The van der Waals surface area contributed by atoms with Crippen LogP contribution in [0, 0.1) is 5.82 Å². The van der Waals surface area contributed by atoms with Crippen LogP contribution in [0.1, 0.15) is 23.0 Å². The minimum absolute atomic E-state index is 0.195. The molecule has 128 valence electrons. The van der Waals surface area contributed by atoms with Gasteiger partial charge in [-0.1, -0.05) is 48.5 Å². The number of pyridine rings is 1. The van der Waals surface area contributed by atoms with Crippen LogP contribution in [0.5, 0.6) is 5.75 Å². The van der Waals surface area contributed by atoms with Crippen LogP contribution in [0.15, 0.2) is 66.7 Å². The fraction of sp³-hybridized carbons (Fsp3) is 0.0909. The van der Waals surface area contributed by atoms with Crippen LogP contribution in [0.25, 0.3) is 21.7 Å². The molecule has 0 unspecified atom stereocenters. The van der Waals surface area contributed by atoms with E-state index in [-0.39, 0.29) is 18.0 Å². The maximum absolute atomic E-state index is 14.3. The SMILES string of the molecule is CC(=O)c1cc(F)c2ccccc2c1OCc1ccc2ccccc2n1. The molecule has 26 heavy (non-hydrogen) atoms. The van der Waals surface area contributed by atoms with Gasteiger partial charge in [-0.2, -0.15) is 0 Å². The van der Waals surface area contributed by atoms with E-state index in [1.165, 1.54) is 13.0 Å². The van der Waals surface area contributed by atoms with Crippen LogP contribution in [0.2, 0.25) is 0 Å². The number of fused-ring (bicyclic) bond motifs is 2. The number of nitrogens with zero attached hydrogens (tertiary/aromatic N) is 1. The summed E-state index contributed by atoms with van der Waals surface area (Å²) >= 11 is 0. The second-order valence-electron chi connectivity index (χ2n) is 6.12. The van der Waals surface area contributed by atoms with E-state index in [1.54, 1.807) is 24.3 Å². The molecule has 4 heteroatoms. The fourth-order valence-electron chi connectivity index (χ4n) is 3.06. The van der Waals surface area contributed by atoms with Crippen molar-refractivity contribution in [2.45, 2.75) is 13.5 Å². The molecule has 3 nitrogen and oxygen atoms in total. The second kappa shape index (κ2) is 6.56. The predicted molar refractivity (Wildman–Crippen MR) is 100.0 cm³/mol. The third-order valence-corrected chi connectivity index (χ3v) is 4.34. The average Bonchev–Trinajstić information content (AvgIpc) is 2.67. The fourth-order valence-corrected chi connectivity index (χ4v) is 3.06. The summed E-state index contributed by atoms with van der Waals surface area (Å²) in [7, 11) is 0. The van der Waals surface area contributed by atoms with Gasteiger partial charge in [0, 0.05) is 16.2 Å².